The van der Waals surface area contributed by atoms with Crippen molar-refractivity contribution >= 4 is 28.3 Å². The molecule has 2 heterocycles. The van der Waals surface area contributed by atoms with Crippen LogP contribution in [0.5, 0.6) is 17.2 Å². The molecule has 8 nitrogen and oxygen atoms in total. The number of hydrogen-bond donors (Lipinski definition) is 1. The lowest BCUT2D eigenvalue weighted by Crippen LogP contribution is -2.21. The molecule has 2 aromatic heterocycles. The molecule has 0 aliphatic rings. The van der Waals surface area contributed by atoms with Gasteiger partial charge >= 0.3 is 0 Å². The number of hydrogen-bond acceptors (Lipinski definition) is 7. The van der Waals surface area contributed by atoms with Gasteiger partial charge in [0.2, 0.25) is 5.55 Å². The highest BCUT2D eigenvalue weighted by atomic mass is 16.5. The van der Waals surface area contributed by atoms with Crippen molar-refractivity contribution in [3.63, 3.8) is 0 Å². The minimum absolute atomic E-state index is 0.126. The molecule has 0 bridgehead atoms. The quantitative estimate of drug-likeness (QED) is 0.488. The van der Waals surface area contributed by atoms with E-state index in [4.69, 9.17) is 18.6 Å². The van der Waals surface area contributed by atoms with E-state index >= 15 is 0 Å². The van der Waals surface area contributed by atoms with Gasteiger partial charge in [0.15, 0.2) is 22.8 Å². The number of benzene rings is 2. The Kier molecular flexibility index (Phi) is 6.03. The van der Waals surface area contributed by atoms with Gasteiger partial charge in [0.1, 0.15) is 5.56 Å². The van der Waals surface area contributed by atoms with Gasteiger partial charge in [0.25, 0.3) is 5.91 Å². The third kappa shape index (κ3) is 4.24. The molecule has 0 aliphatic heterocycles. The summed E-state index contributed by atoms with van der Waals surface area (Å²) in [7, 11) is 4.65. The first kappa shape index (κ1) is 20.9. The molecule has 1 N–H and O–H groups in total. The Morgan fingerprint density at radius 2 is 1.66 bits per heavy atom. The zero-order valence-corrected chi connectivity index (χ0v) is 17.8. The predicted molar refractivity (Wildman–Crippen MR) is 120 cm³/mol. The fraction of sp³-hybridized carbons (Fsp3) is 0.125. The number of carbonyl (C=O) groups is 1. The molecule has 0 atom stereocenters. The Morgan fingerprint density at radius 1 is 0.906 bits per heavy atom. The highest BCUT2D eigenvalue weighted by Crippen LogP contribution is 2.31. The SMILES string of the molecule is COc1ccc(N=c2oc3c(OC)cccc3cc2C(=O)Nc2ccncc2)cc1OC. The summed E-state index contributed by atoms with van der Waals surface area (Å²) < 4.78 is 22.1. The van der Waals surface area contributed by atoms with Gasteiger partial charge in [-0.15, -0.1) is 0 Å². The van der Waals surface area contributed by atoms with E-state index in [0.29, 0.717) is 39.6 Å². The van der Waals surface area contributed by atoms with Crippen LogP contribution in [0.1, 0.15) is 10.4 Å². The van der Waals surface area contributed by atoms with Crippen LogP contribution in [-0.2, 0) is 0 Å². The lowest BCUT2D eigenvalue weighted by molar-refractivity contribution is 0.102. The Morgan fingerprint density at radius 3 is 2.38 bits per heavy atom. The van der Waals surface area contributed by atoms with Crippen LogP contribution in [0, 0.1) is 0 Å². The van der Waals surface area contributed by atoms with E-state index in [1.807, 2.05) is 12.1 Å². The second-order valence-corrected chi connectivity index (χ2v) is 6.68. The number of aromatic nitrogens is 1. The van der Waals surface area contributed by atoms with Gasteiger partial charge in [-0.2, -0.15) is 0 Å². The average Bonchev–Trinajstić information content (AvgIpc) is 2.83. The van der Waals surface area contributed by atoms with Crippen LogP contribution in [0.3, 0.4) is 0 Å². The fourth-order valence-electron chi connectivity index (χ4n) is 3.18. The molecule has 162 valence electrons. The molecule has 0 radical (unpaired) electrons. The summed E-state index contributed by atoms with van der Waals surface area (Å²) in [5, 5.41) is 3.55. The Balaban J connectivity index is 1.89. The summed E-state index contributed by atoms with van der Waals surface area (Å²) in [4.78, 5) is 21.7. The number of para-hydroxylation sites is 1. The Hall–Kier alpha value is -4.33. The van der Waals surface area contributed by atoms with E-state index in [1.54, 1.807) is 76.2 Å². The Labute approximate surface area is 184 Å². The molecular formula is C24H21N3O5. The molecule has 0 aliphatic carbocycles. The highest BCUT2D eigenvalue weighted by Gasteiger charge is 2.15. The standard InChI is InChI=1S/C24H21N3O5/c1-29-19-8-7-17(14-21(19)31-3)27-24-18(23(28)26-16-9-11-25-12-10-16)13-15-5-4-6-20(30-2)22(15)32-24/h4-14H,1-3H3,(H,25,26,28). The van der Waals surface area contributed by atoms with E-state index in [0.717, 1.165) is 0 Å². The lowest BCUT2D eigenvalue weighted by atomic mass is 10.1. The normalized spacial score (nSPS) is 11.3. The van der Waals surface area contributed by atoms with Gasteiger partial charge < -0.3 is 23.9 Å². The van der Waals surface area contributed by atoms with Gasteiger partial charge in [0, 0.05) is 29.5 Å². The average molecular weight is 431 g/mol. The second-order valence-electron chi connectivity index (χ2n) is 6.68. The van der Waals surface area contributed by atoms with E-state index in [9.17, 15) is 4.79 Å². The maximum atomic E-state index is 13.1. The number of methoxy groups -OCH3 is 3. The molecule has 0 fully saturated rings. The van der Waals surface area contributed by atoms with Crippen molar-refractivity contribution < 1.29 is 23.4 Å². The number of carbonyl (C=O) groups excluding carboxylic acids is 1. The van der Waals surface area contributed by atoms with Gasteiger partial charge in [0.05, 0.1) is 27.0 Å². The van der Waals surface area contributed by atoms with Crippen molar-refractivity contribution in [2.75, 3.05) is 26.6 Å². The van der Waals surface area contributed by atoms with Gasteiger partial charge in [-0.1, -0.05) is 12.1 Å². The van der Waals surface area contributed by atoms with Crippen LogP contribution in [0.2, 0.25) is 0 Å². The molecule has 1 amide bonds. The predicted octanol–water partition coefficient (Wildman–Crippen LogP) is 4.34. The van der Waals surface area contributed by atoms with Crippen molar-refractivity contribution in [1.29, 1.82) is 0 Å². The molecular weight excluding hydrogens is 410 g/mol. The summed E-state index contributed by atoms with van der Waals surface area (Å²) in [5.74, 6) is 1.24. The van der Waals surface area contributed by atoms with Crippen molar-refractivity contribution in [1.82, 2.24) is 4.98 Å². The van der Waals surface area contributed by atoms with Crippen LogP contribution < -0.4 is 25.1 Å². The largest absolute Gasteiger partial charge is 0.493 e. The van der Waals surface area contributed by atoms with Crippen molar-refractivity contribution in [3.05, 3.63) is 78.1 Å². The van der Waals surface area contributed by atoms with Crippen LogP contribution in [-0.4, -0.2) is 32.2 Å². The Bertz CT molecular complexity index is 1330. The number of rotatable bonds is 6. The minimum atomic E-state index is -0.371. The number of fused-ring (bicyclic) bond motifs is 1. The number of nitrogens with one attached hydrogen (secondary N) is 1. The molecule has 2 aromatic carbocycles. The van der Waals surface area contributed by atoms with Crippen molar-refractivity contribution in [2.24, 2.45) is 4.99 Å². The number of ether oxygens (including phenoxy) is 3. The van der Waals surface area contributed by atoms with Gasteiger partial charge in [-0.25, -0.2) is 4.99 Å². The zero-order valence-electron chi connectivity index (χ0n) is 17.8. The first-order valence-corrected chi connectivity index (χ1v) is 9.72. The molecule has 32 heavy (non-hydrogen) atoms. The first-order valence-electron chi connectivity index (χ1n) is 9.72. The minimum Gasteiger partial charge on any atom is -0.493 e. The molecule has 0 spiro atoms. The van der Waals surface area contributed by atoms with E-state index in [-0.39, 0.29) is 17.0 Å². The van der Waals surface area contributed by atoms with Crippen LogP contribution in [0.25, 0.3) is 11.0 Å². The molecule has 4 rings (SSSR count). The maximum absolute atomic E-state index is 13.1. The summed E-state index contributed by atoms with van der Waals surface area (Å²) >= 11 is 0. The summed E-state index contributed by atoms with van der Waals surface area (Å²) in [6, 6.07) is 15.7. The summed E-state index contributed by atoms with van der Waals surface area (Å²) in [5.41, 5.74) is 2.00. The molecule has 8 heteroatoms. The highest BCUT2D eigenvalue weighted by molar-refractivity contribution is 6.05. The van der Waals surface area contributed by atoms with E-state index in [1.165, 1.54) is 0 Å². The second kappa shape index (κ2) is 9.22. The first-order chi connectivity index (χ1) is 15.6. The number of pyridine rings is 1. The van der Waals surface area contributed by atoms with Crippen LogP contribution in [0.15, 0.2) is 76.4 Å². The molecule has 0 unspecified atom stereocenters. The van der Waals surface area contributed by atoms with Crippen molar-refractivity contribution in [2.45, 2.75) is 0 Å². The maximum Gasteiger partial charge on any atom is 0.261 e. The van der Waals surface area contributed by atoms with E-state index < -0.39 is 0 Å². The van der Waals surface area contributed by atoms with E-state index in [2.05, 4.69) is 15.3 Å². The number of amides is 1. The van der Waals surface area contributed by atoms with Crippen molar-refractivity contribution in [3.8, 4) is 17.2 Å². The topological polar surface area (TPSA) is 95.2 Å². The third-order valence-corrected chi connectivity index (χ3v) is 4.74. The van der Waals surface area contributed by atoms with Crippen LogP contribution >= 0.6 is 0 Å². The smallest absolute Gasteiger partial charge is 0.261 e. The molecule has 0 saturated carbocycles. The summed E-state index contributed by atoms with van der Waals surface area (Å²) in [6.07, 6.45) is 3.19. The fourth-order valence-corrected chi connectivity index (χ4v) is 3.18. The van der Waals surface area contributed by atoms with Gasteiger partial charge in [-0.3, -0.25) is 9.78 Å². The number of anilines is 1. The molecule has 0 saturated heterocycles. The van der Waals surface area contributed by atoms with Gasteiger partial charge in [-0.05, 0) is 36.4 Å². The zero-order chi connectivity index (χ0) is 22.5. The summed E-state index contributed by atoms with van der Waals surface area (Å²) in [6.45, 7) is 0. The number of nitrogens with zero attached hydrogens (tertiary/aromatic N) is 2. The lowest BCUT2D eigenvalue weighted by Gasteiger charge is -2.09. The van der Waals surface area contributed by atoms with Crippen LogP contribution in [0.4, 0.5) is 11.4 Å². The molecule has 4 aromatic rings. The third-order valence-electron chi connectivity index (χ3n) is 4.74. The monoisotopic (exact) mass is 431 g/mol.